The Morgan fingerprint density at radius 2 is 2.09 bits per heavy atom. The molecule has 0 radical (unpaired) electrons. The molecule has 32 heavy (non-hydrogen) atoms. The molecule has 0 aromatic carbocycles. The number of hydrogen-bond acceptors (Lipinski definition) is 6. The number of thiazole rings is 2. The van der Waals surface area contributed by atoms with E-state index in [1.54, 1.807) is 22.4 Å². The molecule has 3 heterocycles. The molecule has 3 saturated carbocycles. The lowest BCUT2D eigenvalue weighted by Gasteiger charge is -2.30. The third-order valence-electron chi connectivity index (χ3n) is 8.08. The summed E-state index contributed by atoms with van der Waals surface area (Å²) < 4.78 is 0. The summed E-state index contributed by atoms with van der Waals surface area (Å²) in [5.74, 6) is 2.24. The monoisotopic (exact) mass is 468 g/mol. The van der Waals surface area contributed by atoms with Crippen molar-refractivity contribution in [2.24, 2.45) is 22.7 Å². The minimum absolute atomic E-state index is 0.0380. The lowest BCUT2D eigenvalue weighted by Crippen LogP contribution is -2.32. The maximum Gasteiger partial charge on any atom is 0.250 e. The van der Waals surface area contributed by atoms with Crippen molar-refractivity contribution in [3.8, 4) is 0 Å². The summed E-state index contributed by atoms with van der Waals surface area (Å²) >= 11 is 3.61. The second-order valence-electron chi connectivity index (χ2n) is 10.4. The molecule has 1 amide bonds. The number of nitrogens with zero attached hydrogens (tertiary/aromatic N) is 4. The molecule has 0 spiro atoms. The van der Waals surface area contributed by atoms with E-state index in [1.165, 1.54) is 75.2 Å². The van der Waals surface area contributed by atoms with Crippen LogP contribution in [0.3, 0.4) is 0 Å². The maximum absolute atomic E-state index is 12.1. The lowest BCUT2D eigenvalue weighted by atomic mass is 9.81. The molecule has 3 aliphatic carbocycles. The van der Waals surface area contributed by atoms with Crippen molar-refractivity contribution in [3.05, 3.63) is 31.7 Å². The first kappa shape index (κ1) is 21.1. The van der Waals surface area contributed by atoms with Crippen molar-refractivity contribution in [1.82, 2.24) is 14.9 Å². The molecule has 4 aliphatic rings. The zero-order chi connectivity index (χ0) is 21.7. The van der Waals surface area contributed by atoms with Gasteiger partial charge >= 0.3 is 0 Å². The van der Waals surface area contributed by atoms with Crippen LogP contribution in [0.5, 0.6) is 0 Å². The average Bonchev–Trinajstić information content (AvgIpc) is 3.55. The number of aliphatic imine (C=N–C) groups is 1. The molecular weight excluding hydrogens is 436 g/mol. The van der Waals surface area contributed by atoms with Gasteiger partial charge in [0, 0.05) is 40.7 Å². The molecule has 6 rings (SSSR count). The van der Waals surface area contributed by atoms with Crippen LogP contribution in [0.25, 0.3) is 0 Å². The van der Waals surface area contributed by atoms with Crippen LogP contribution in [0.4, 0.5) is 0 Å². The first-order valence-corrected chi connectivity index (χ1v) is 13.9. The van der Waals surface area contributed by atoms with Crippen molar-refractivity contribution in [2.75, 3.05) is 13.1 Å². The number of carbonyl (C=O) groups excluding carboxylic acids is 1. The molecule has 0 bridgehead atoms. The van der Waals surface area contributed by atoms with E-state index in [-0.39, 0.29) is 5.91 Å². The lowest BCUT2D eigenvalue weighted by molar-refractivity contribution is -0.117. The number of carbonyl (C=O) groups is 1. The van der Waals surface area contributed by atoms with Gasteiger partial charge in [0.1, 0.15) is 0 Å². The summed E-state index contributed by atoms with van der Waals surface area (Å²) in [5, 5.41) is 2.47. The van der Waals surface area contributed by atoms with Gasteiger partial charge in [-0.05, 0) is 82.6 Å². The molecule has 0 N–H and O–H groups in total. The Labute approximate surface area is 198 Å². The van der Waals surface area contributed by atoms with Crippen LogP contribution >= 0.6 is 22.7 Å². The highest BCUT2D eigenvalue weighted by atomic mass is 32.1. The van der Waals surface area contributed by atoms with Crippen LogP contribution in [-0.2, 0) is 29.6 Å². The highest BCUT2D eigenvalue weighted by Gasteiger charge is 2.72. The highest BCUT2D eigenvalue weighted by molar-refractivity contribution is 7.12. The molecule has 0 saturated heterocycles. The molecular formula is C25H32N4OS2. The number of hydrogen-bond donors (Lipinski definition) is 0. The molecule has 2 aromatic rings. The Hall–Kier alpha value is -1.44. The van der Waals surface area contributed by atoms with Gasteiger partial charge in [0.15, 0.2) is 0 Å². The van der Waals surface area contributed by atoms with Crippen LogP contribution in [0.2, 0.25) is 0 Å². The normalized spacial score (nSPS) is 31.5. The van der Waals surface area contributed by atoms with Crippen molar-refractivity contribution in [2.45, 2.75) is 76.7 Å². The summed E-state index contributed by atoms with van der Waals surface area (Å²) in [4.78, 5) is 30.9. The number of rotatable bonds is 7. The molecule has 2 aromatic heterocycles. The van der Waals surface area contributed by atoms with Crippen LogP contribution in [0, 0.1) is 24.7 Å². The first-order valence-electron chi connectivity index (χ1n) is 12.3. The van der Waals surface area contributed by atoms with Crippen molar-refractivity contribution < 1.29 is 4.79 Å². The van der Waals surface area contributed by atoms with E-state index in [1.807, 2.05) is 24.5 Å². The molecule has 1 aliphatic heterocycles. The van der Waals surface area contributed by atoms with E-state index in [2.05, 4.69) is 14.9 Å². The number of aromatic nitrogens is 2. The average molecular weight is 469 g/mol. The van der Waals surface area contributed by atoms with Crippen LogP contribution < -0.4 is 0 Å². The van der Waals surface area contributed by atoms with E-state index >= 15 is 0 Å². The maximum atomic E-state index is 12.1. The minimum Gasteiger partial charge on any atom is -0.297 e. The van der Waals surface area contributed by atoms with Gasteiger partial charge in [0.2, 0.25) is 0 Å². The topological polar surface area (TPSA) is 58.5 Å². The Kier molecular flexibility index (Phi) is 5.55. The van der Waals surface area contributed by atoms with Gasteiger partial charge in [-0.15, -0.1) is 22.7 Å². The van der Waals surface area contributed by atoms with E-state index in [9.17, 15) is 4.79 Å². The summed E-state index contributed by atoms with van der Waals surface area (Å²) in [5.41, 5.74) is 1.96. The summed E-state index contributed by atoms with van der Waals surface area (Å²) in [6, 6.07) is 0. The van der Waals surface area contributed by atoms with E-state index < -0.39 is 0 Å². The van der Waals surface area contributed by atoms with Crippen LogP contribution in [-0.4, -0.2) is 40.1 Å². The minimum atomic E-state index is -0.0380. The Morgan fingerprint density at radius 1 is 1.28 bits per heavy atom. The van der Waals surface area contributed by atoms with Crippen LogP contribution in [0.1, 0.15) is 70.4 Å². The molecule has 0 unspecified atom stereocenters. The molecule has 7 heteroatoms. The third-order valence-corrected chi connectivity index (χ3v) is 10.4. The SMILES string of the molecule is Cc1ncc(CC(=O)N=CC2CCC(CCN3CCc4sc(C56CC5C6)nc4C3)CC2)s1. The van der Waals surface area contributed by atoms with E-state index in [0.29, 0.717) is 17.8 Å². The largest absolute Gasteiger partial charge is 0.297 e. The zero-order valence-corrected chi connectivity index (χ0v) is 20.5. The molecule has 0 atom stereocenters. The van der Waals surface area contributed by atoms with Crippen LogP contribution in [0.15, 0.2) is 11.2 Å². The predicted octanol–water partition coefficient (Wildman–Crippen LogP) is 4.96. The second kappa shape index (κ2) is 8.41. The van der Waals surface area contributed by atoms with Gasteiger partial charge in [0.05, 0.1) is 22.1 Å². The number of amides is 1. The van der Waals surface area contributed by atoms with Gasteiger partial charge in [-0.3, -0.25) is 9.69 Å². The van der Waals surface area contributed by atoms with Gasteiger partial charge in [-0.25, -0.2) is 15.0 Å². The fourth-order valence-electron chi connectivity index (χ4n) is 5.57. The summed E-state index contributed by atoms with van der Waals surface area (Å²) in [6.45, 7) is 5.44. The highest BCUT2D eigenvalue weighted by Crippen LogP contribution is 2.76. The Bertz CT molecular complexity index is 1030. The third kappa shape index (κ3) is 4.36. The molecule has 5 nitrogen and oxygen atoms in total. The second-order valence-corrected chi connectivity index (χ2v) is 12.8. The predicted molar refractivity (Wildman–Crippen MR) is 130 cm³/mol. The van der Waals surface area contributed by atoms with Gasteiger partial charge < -0.3 is 0 Å². The smallest absolute Gasteiger partial charge is 0.250 e. The molecule has 3 fully saturated rings. The standard InChI is InChI=1S/C25H32N4OS2/c1-16-26-14-20(31-16)10-23(30)27-13-18-4-2-17(3-5-18)6-8-29-9-7-22-21(15-29)28-24(32-22)25-11-19(25)12-25/h13-14,17-19H,2-12,15H2,1H3. The van der Waals surface area contributed by atoms with Gasteiger partial charge in [-0.2, -0.15) is 0 Å². The van der Waals surface area contributed by atoms with Gasteiger partial charge in [-0.1, -0.05) is 0 Å². The fraction of sp³-hybridized carbons (Fsp3) is 0.680. The summed E-state index contributed by atoms with van der Waals surface area (Å²) in [6.07, 6.45) is 14.3. The quantitative estimate of drug-likeness (QED) is 0.539. The Balaban J connectivity index is 0.922. The fourth-order valence-corrected chi connectivity index (χ4v) is 7.70. The van der Waals surface area contributed by atoms with Crippen molar-refractivity contribution >= 4 is 34.8 Å². The molecule has 170 valence electrons. The zero-order valence-electron chi connectivity index (χ0n) is 18.9. The van der Waals surface area contributed by atoms with Gasteiger partial charge in [0.25, 0.3) is 5.91 Å². The van der Waals surface area contributed by atoms with Crippen molar-refractivity contribution in [1.29, 1.82) is 0 Å². The number of fused-ring (bicyclic) bond motifs is 2. The Morgan fingerprint density at radius 3 is 2.81 bits per heavy atom. The van der Waals surface area contributed by atoms with E-state index in [0.717, 1.165) is 28.3 Å². The first-order chi connectivity index (χ1) is 15.6. The van der Waals surface area contributed by atoms with Crippen molar-refractivity contribution in [3.63, 3.8) is 0 Å². The number of aryl methyl sites for hydroxylation is 1. The summed E-state index contributed by atoms with van der Waals surface area (Å²) in [7, 11) is 0. The van der Waals surface area contributed by atoms with E-state index in [4.69, 9.17) is 4.98 Å².